The minimum atomic E-state index is -0.578. The third-order valence-corrected chi connectivity index (χ3v) is 5.52. The van der Waals surface area contributed by atoms with Gasteiger partial charge < -0.3 is 10.2 Å². The molecule has 2 N–H and O–H groups in total. The first-order valence-corrected chi connectivity index (χ1v) is 9.81. The first-order chi connectivity index (χ1) is 13.6. The molecule has 0 aliphatic carbocycles. The van der Waals surface area contributed by atoms with Crippen molar-refractivity contribution in [1.29, 1.82) is 0 Å². The molecule has 1 aromatic rings. The summed E-state index contributed by atoms with van der Waals surface area (Å²) >= 11 is 0. The summed E-state index contributed by atoms with van der Waals surface area (Å²) in [6, 6.07) is 5.02. The molecule has 3 aliphatic rings. The van der Waals surface area contributed by atoms with Crippen molar-refractivity contribution in [2.24, 2.45) is 0 Å². The second-order valence-electron chi connectivity index (χ2n) is 7.42. The monoisotopic (exact) mass is 416 g/mol. The summed E-state index contributed by atoms with van der Waals surface area (Å²) in [4.78, 5) is 40.1. The number of hydrogen-bond acceptors (Lipinski definition) is 5. The molecule has 0 aromatic heterocycles. The van der Waals surface area contributed by atoms with Gasteiger partial charge in [0.15, 0.2) is 0 Å². The smallest absolute Gasteiger partial charge is 0.255 e. The summed E-state index contributed by atoms with van der Waals surface area (Å²) < 4.78 is 0. The van der Waals surface area contributed by atoms with Gasteiger partial charge in [-0.15, -0.1) is 12.4 Å². The zero-order valence-electron chi connectivity index (χ0n) is 16.2. The average Bonchev–Trinajstić information content (AvgIpc) is 3.02. The van der Waals surface area contributed by atoms with Crippen molar-refractivity contribution >= 4 is 30.1 Å². The first kappa shape index (κ1) is 21.3. The van der Waals surface area contributed by atoms with Gasteiger partial charge in [0.05, 0.1) is 0 Å². The van der Waals surface area contributed by atoms with E-state index in [1.807, 2.05) is 12.1 Å². The van der Waals surface area contributed by atoms with Crippen LogP contribution in [0.15, 0.2) is 18.2 Å². The van der Waals surface area contributed by atoms with Crippen molar-refractivity contribution in [3.63, 3.8) is 0 Å². The highest BCUT2D eigenvalue weighted by Gasteiger charge is 2.38. The molecule has 2 fully saturated rings. The molecule has 29 heavy (non-hydrogen) atoms. The second-order valence-corrected chi connectivity index (χ2v) is 7.42. The Bertz CT molecular complexity index is 870. The van der Waals surface area contributed by atoms with E-state index in [1.165, 1.54) is 0 Å². The van der Waals surface area contributed by atoms with Crippen LogP contribution in [0.2, 0.25) is 0 Å². The number of carbonyl (C=O) groups is 3. The van der Waals surface area contributed by atoms with Gasteiger partial charge in [-0.05, 0) is 30.2 Å². The molecule has 0 radical (unpaired) electrons. The summed E-state index contributed by atoms with van der Waals surface area (Å²) in [5.41, 5.74) is 2.40. The third kappa shape index (κ3) is 4.78. The molecule has 2 saturated heterocycles. The molecular weight excluding hydrogens is 392 g/mol. The van der Waals surface area contributed by atoms with Gasteiger partial charge in [0.1, 0.15) is 6.04 Å². The number of carbonyl (C=O) groups excluding carboxylic acids is 3. The van der Waals surface area contributed by atoms with Gasteiger partial charge in [-0.25, -0.2) is 0 Å². The van der Waals surface area contributed by atoms with Crippen molar-refractivity contribution in [3.05, 3.63) is 34.9 Å². The van der Waals surface area contributed by atoms with E-state index in [9.17, 15) is 14.4 Å². The zero-order valence-corrected chi connectivity index (χ0v) is 17.0. The van der Waals surface area contributed by atoms with E-state index in [-0.39, 0.29) is 36.5 Å². The SMILES string of the molecule is Cl.O=C1CCC(N2Cc3cc(C#CCCN4CCNCC4)ccc3C2=O)C(=O)N1. The van der Waals surface area contributed by atoms with Crippen LogP contribution < -0.4 is 10.6 Å². The quantitative estimate of drug-likeness (QED) is 0.554. The predicted octanol–water partition coefficient (Wildman–Crippen LogP) is 0.516. The number of piperidine rings is 1. The molecule has 0 bridgehead atoms. The van der Waals surface area contributed by atoms with Crippen LogP contribution in [0.3, 0.4) is 0 Å². The van der Waals surface area contributed by atoms with Gasteiger partial charge >= 0.3 is 0 Å². The molecule has 0 saturated carbocycles. The summed E-state index contributed by atoms with van der Waals surface area (Å²) in [6.07, 6.45) is 1.46. The Morgan fingerprint density at radius 2 is 1.93 bits per heavy atom. The number of rotatable bonds is 3. The van der Waals surface area contributed by atoms with Gasteiger partial charge in [0.25, 0.3) is 5.91 Å². The van der Waals surface area contributed by atoms with E-state index in [1.54, 1.807) is 11.0 Å². The topological polar surface area (TPSA) is 81.8 Å². The lowest BCUT2D eigenvalue weighted by Gasteiger charge is -2.29. The third-order valence-electron chi connectivity index (χ3n) is 5.52. The average molecular weight is 417 g/mol. The minimum Gasteiger partial charge on any atom is -0.322 e. The Balaban J connectivity index is 0.00000240. The number of fused-ring (bicyclic) bond motifs is 1. The predicted molar refractivity (Wildman–Crippen MR) is 111 cm³/mol. The Labute approximate surface area is 176 Å². The number of benzene rings is 1. The molecule has 7 nitrogen and oxygen atoms in total. The molecule has 3 heterocycles. The van der Waals surface area contributed by atoms with Crippen molar-refractivity contribution in [1.82, 2.24) is 20.4 Å². The molecule has 1 atom stereocenters. The number of piperazine rings is 1. The number of imide groups is 1. The molecule has 8 heteroatoms. The van der Waals surface area contributed by atoms with Crippen LogP contribution in [0, 0.1) is 11.8 Å². The molecule has 3 amide bonds. The molecule has 1 unspecified atom stereocenters. The Kier molecular flexibility index (Phi) is 6.91. The minimum absolute atomic E-state index is 0. The summed E-state index contributed by atoms with van der Waals surface area (Å²) in [7, 11) is 0. The van der Waals surface area contributed by atoms with Crippen molar-refractivity contribution in [2.45, 2.75) is 31.8 Å². The van der Waals surface area contributed by atoms with Crippen LogP contribution in [0.5, 0.6) is 0 Å². The maximum absolute atomic E-state index is 12.7. The Morgan fingerprint density at radius 1 is 1.14 bits per heavy atom. The van der Waals surface area contributed by atoms with Crippen LogP contribution >= 0.6 is 12.4 Å². The van der Waals surface area contributed by atoms with E-state index in [2.05, 4.69) is 27.4 Å². The van der Waals surface area contributed by atoms with Crippen molar-refractivity contribution in [3.8, 4) is 11.8 Å². The van der Waals surface area contributed by atoms with E-state index in [4.69, 9.17) is 0 Å². The number of nitrogens with one attached hydrogen (secondary N) is 2. The maximum atomic E-state index is 12.7. The highest BCUT2D eigenvalue weighted by Crippen LogP contribution is 2.28. The molecule has 0 spiro atoms. The number of hydrogen-bond donors (Lipinski definition) is 2. The van der Waals surface area contributed by atoms with E-state index < -0.39 is 6.04 Å². The van der Waals surface area contributed by atoms with Crippen molar-refractivity contribution in [2.75, 3.05) is 32.7 Å². The highest BCUT2D eigenvalue weighted by atomic mass is 35.5. The van der Waals surface area contributed by atoms with Crippen molar-refractivity contribution < 1.29 is 14.4 Å². The summed E-state index contributed by atoms with van der Waals surface area (Å²) in [5, 5.41) is 5.66. The van der Waals surface area contributed by atoms with E-state index >= 15 is 0 Å². The fraction of sp³-hybridized carbons (Fsp3) is 0.476. The highest BCUT2D eigenvalue weighted by molar-refractivity contribution is 6.05. The van der Waals surface area contributed by atoms with Crippen LogP contribution in [-0.4, -0.2) is 66.3 Å². The summed E-state index contributed by atoms with van der Waals surface area (Å²) in [5.74, 6) is 5.61. The van der Waals surface area contributed by atoms with Gasteiger partial charge in [-0.1, -0.05) is 11.8 Å². The maximum Gasteiger partial charge on any atom is 0.255 e. The molecule has 3 aliphatic heterocycles. The first-order valence-electron chi connectivity index (χ1n) is 9.81. The van der Waals surface area contributed by atoms with E-state index in [0.717, 1.165) is 50.3 Å². The normalized spacial score (nSPS) is 21.7. The van der Waals surface area contributed by atoms with Gasteiger partial charge in [0, 0.05) is 63.2 Å². The van der Waals surface area contributed by atoms with Gasteiger partial charge in [0.2, 0.25) is 11.8 Å². The lowest BCUT2D eigenvalue weighted by molar-refractivity contribution is -0.136. The molecular formula is C21H25ClN4O3. The van der Waals surface area contributed by atoms with Gasteiger partial charge in [-0.3, -0.25) is 24.6 Å². The molecule has 154 valence electrons. The Hall–Kier alpha value is -2.40. The summed E-state index contributed by atoms with van der Waals surface area (Å²) in [6.45, 7) is 5.57. The standard InChI is InChI=1S/C21H24N4O3.ClH/c26-19-7-6-18(20(27)23-19)25-14-16-13-15(4-5-17(16)21(25)28)3-1-2-10-24-11-8-22-9-12-24;/h4-5,13,18,22H,2,6-12,14H2,(H,23,26,27);1H. The van der Waals surface area contributed by atoms with Crippen LogP contribution in [0.4, 0.5) is 0 Å². The number of amides is 3. The molecule has 1 aromatic carbocycles. The fourth-order valence-corrected chi connectivity index (χ4v) is 3.97. The Morgan fingerprint density at radius 3 is 2.69 bits per heavy atom. The number of halogens is 1. The lowest BCUT2D eigenvalue weighted by atomic mass is 10.0. The van der Waals surface area contributed by atoms with Crippen LogP contribution in [0.1, 0.15) is 40.7 Å². The zero-order chi connectivity index (χ0) is 19.5. The van der Waals surface area contributed by atoms with Crippen LogP contribution in [0.25, 0.3) is 0 Å². The fourth-order valence-electron chi connectivity index (χ4n) is 3.97. The van der Waals surface area contributed by atoms with E-state index in [0.29, 0.717) is 18.5 Å². The molecule has 4 rings (SSSR count). The van der Waals surface area contributed by atoms with Gasteiger partial charge in [-0.2, -0.15) is 0 Å². The largest absolute Gasteiger partial charge is 0.322 e. The van der Waals surface area contributed by atoms with Crippen LogP contribution in [-0.2, 0) is 16.1 Å². The second kappa shape index (κ2) is 9.40. The lowest BCUT2D eigenvalue weighted by Crippen LogP contribution is -2.52. The number of nitrogens with zero attached hydrogens (tertiary/aromatic N) is 2.